The van der Waals surface area contributed by atoms with Gasteiger partial charge in [-0.05, 0) is 30.6 Å². The maximum atomic E-state index is 12.6. The predicted molar refractivity (Wildman–Crippen MR) is 74.1 cm³/mol. The van der Waals surface area contributed by atoms with Gasteiger partial charge in [0.25, 0.3) is 0 Å². The summed E-state index contributed by atoms with van der Waals surface area (Å²) in [5.41, 5.74) is 0.410. The van der Waals surface area contributed by atoms with Crippen molar-refractivity contribution in [3.05, 3.63) is 0 Å². The molecular formula is C15H28N2O. The van der Waals surface area contributed by atoms with Crippen LogP contribution in [-0.2, 0) is 4.79 Å². The summed E-state index contributed by atoms with van der Waals surface area (Å²) in [6.45, 7) is 9.80. The van der Waals surface area contributed by atoms with E-state index in [0.29, 0.717) is 17.2 Å². The highest BCUT2D eigenvalue weighted by molar-refractivity contribution is 5.84. The zero-order chi connectivity index (χ0) is 13.3. The van der Waals surface area contributed by atoms with Gasteiger partial charge in [0, 0.05) is 6.54 Å². The van der Waals surface area contributed by atoms with Crippen LogP contribution in [0.4, 0.5) is 0 Å². The number of nitrogens with zero attached hydrogens (tertiary/aromatic N) is 1. The minimum Gasteiger partial charge on any atom is -0.325 e. The van der Waals surface area contributed by atoms with Crippen LogP contribution in [0.5, 0.6) is 0 Å². The fourth-order valence-electron chi connectivity index (χ4n) is 2.83. The van der Waals surface area contributed by atoms with Gasteiger partial charge in [-0.15, -0.1) is 0 Å². The third kappa shape index (κ3) is 2.71. The third-order valence-electron chi connectivity index (χ3n) is 4.73. The molecule has 1 N–H and O–H groups in total. The molecule has 0 bridgehead atoms. The molecule has 1 saturated heterocycles. The van der Waals surface area contributed by atoms with Gasteiger partial charge in [-0.2, -0.15) is 0 Å². The van der Waals surface area contributed by atoms with Crippen molar-refractivity contribution in [3.63, 3.8) is 0 Å². The van der Waals surface area contributed by atoms with Gasteiger partial charge in [0.15, 0.2) is 0 Å². The van der Waals surface area contributed by atoms with Gasteiger partial charge >= 0.3 is 0 Å². The molecule has 0 aromatic rings. The quantitative estimate of drug-likeness (QED) is 0.788. The fourth-order valence-corrected chi connectivity index (χ4v) is 2.83. The predicted octanol–water partition coefficient (Wildman–Crippen LogP) is 2.76. The van der Waals surface area contributed by atoms with Gasteiger partial charge in [0.05, 0.1) is 12.2 Å². The van der Waals surface area contributed by atoms with Gasteiger partial charge in [0.2, 0.25) is 5.91 Å². The van der Waals surface area contributed by atoms with Crippen LogP contribution < -0.4 is 5.32 Å². The normalized spacial score (nSPS) is 31.8. The molecule has 3 heteroatoms. The first-order valence-electron chi connectivity index (χ1n) is 7.57. The lowest BCUT2D eigenvalue weighted by Gasteiger charge is -2.26. The maximum absolute atomic E-state index is 12.6. The molecule has 1 aliphatic carbocycles. The summed E-state index contributed by atoms with van der Waals surface area (Å²) in [7, 11) is 0. The highest BCUT2D eigenvalue weighted by Gasteiger charge is 2.46. The second-order valence-electron chi connectivity index (χ2n) is 6.61. The van der Waals surface area contributed by atoms with Crippen LogP contribution in [0.3, 0.4) is 0 Å². The second-order valence-corrected chi connectivity index (χ2v) is 6.61. The van der Waals surface area contributed by atoms with E-state index in [2.05, 4.69) is 37.9 Å². The van der Waals surface area contributed by atoms with E-state index >= 15 is 0 Å². The van der Waals surface area contributed by atoms with Gasteiger partial charge < -0.3 is 4.90 Å². The molecule has 1 heterocycles. The molecule has 0 aromatic carbocycles. The van der Waals surface area contributed by atoms with Crippen LogP contribution in [0.2, 0.25) is 0 Å². The molecule has 0 aromatic heterocycles. The largest absolute Gasteiger partial charge is 0.325 e. The highest BCUT2D eigenvalue weighted by Crippen LogP contribution is 2.46. The van der Waals surface area contributed by atoms with E-state index in [4.69, 9.17) is 0 Å². The molecule has 18 heavy (non-hydrogen) atoms. The van der Waals surface area contributed by atoms with Crippen molar-refractivity contribution in [2.45, 2.75) is 72.0 Å². The lowest BCUT2D eigenvalue weighted by atomic mass is 9.99. The average molecular weight is 252 g/mol. The number of carbonyl (C=O) groups excluding carboxylic acids is 1. The Morgan fingerprint density at radius 3 is 2.61 bits per heavy atom. The molecule has 1 saturated carbocycles. The van der Waals surface area contributed by atoms with Crippen LogP contribution >= 0.6 is 0 Å². The fraction of sp³-hybridized carbons (Fsp3) is 0.933. The van der Waals surface area contributed by atoms with E-state index in [-0.39, 0.29) is 12.2 Å². The molecule has 0 spiro atoms. The van der Waals surface area contributed by atoms with Crippen molar-refractivity contribution in [1.82, 2.24) is 10.2 Å². The number of amides is 1. The van der Waals surface area contributed by atoms with Crippen LogP contribution in [-0.4, -0.2) is 29.6 Å². The van der Waals surface area contributed by atoms with Crippen LogP contribution in [0.25, 0.3) is 0 Å². The molecule has 1 amide bonds. The Kier molecular flexibility index (Phi) is 4.00. The molecule has 104 valence electrons. The number of carbonyl (C=O) groups is 1. The van der Waals surface area contributed by atoms with E-state index in [1.165, 1.54) is 12.8 Å². The Balaban J connectivity index is 2.06. The van der Waals surface area contributed by atoms with Gasteiger partial charge in [-0.3, -0.25) is 10.1 Å². The van der Waals surface area contributed by atoms with E-state index in [1.807, 2.05) is 0 Å². The molecule has 3 nitrogen and oxygen atoms in total. The molecule has 2 aliphatic rings. The van der Waals surface area contributed by atoms with Gasteiger partial charge in [-0.1, -0.05) is 40.5 Å². The molecule has 3 atom stereocenters. The van der Waals surface area contributed by atoms with Crippen LogP contribution in [0.1, 0.15) is 59.8 Å². The minimum atomic E-state index is 0.0499. The average Bonchev–Trinajstić information content (AvgIpc) is 3.00. The van der Waals surface area contributed by atoms with Crippen molar-refractivity contribution in [2.75, 3.05) is 6.54 Å². The summed E-state index contributed by atoms with van der Waals surface area (Å²) in [5, 5.41) is 3.57. The molecule has 2 fully saturated rings. The van der Waals surface area contributed by atoms with Gasteiger partial charge in [0.1, 0.15) is 0 Å². The summed E-state index contributed by atoms with van der Waals surface area (Å²) in [6, 6.07) is 0.0499. The molecule has 0 radical (unpaired) electrons. The summed E-state index contributed by atoms with van der Waals surface area (Å²) >= 11 is 0. The van der Waals surface area contributed by atoms with Crippen molar-refractivity contribution in [1.29, 1.82) is 0 Å². The Labute approximate surface area is 111 Å². The van der Waals surface area contributed by atoms with Gasteiger partial charge in [-0.25, -0.2) is 0 Å². The maximum Gasteiger partial charge on any atom is 0.241 e. The van der Waals surface area contributed by atoms with Crippen LogP contribution in [0, 0.1) is 11.3 Å². The monoisotopic (exact) mass is 252 g/mol. The molecule has 1 aliphatic heterocycles. The smallest absolute Gasteiger partial charge is 0.241 e. The Bertz CT molecular complexity index is 312. The zero-order valence-electron chi connectivity index (χ0n) is 12.3. The summed E-state index contributed by atoms with van der Waals surface area (Å²) in [5.74, 6) is 0.782. The summed E-state index contributed by atoms with van der Waals surface area (Å²) in [6.07, 6.45) is 6.11. The lowest BCUT2D eigenvalue weighted by molar-refractivity contribution is -0.131. The summed E-state index contributed by atoms with van der Waals surface area (Å²) < 4.78 is 0. The number of hydrogen-bond acceptors (Lipinski definition) is 2. The Morgan fingerprint density at radius 2 is 2.11 bits per heavy atom. The Hall–Kier alpha value is -0.570. The first-order chi connectivity index (χ1) is 8.50. The van der Waals surface area contributed by atoms with E-state index in [1.54, 1.807) is 0 Å². The standard InChI is InChI=1S/C15H28N2O/c1-5-7-12-16-13(11(3)6-2)14(18)17(12)10-15(4)8-9-15/h11-13,16H,5-10H2,1-4H3. The molecule has 3 unspecified atom stereocenters. The van der Waals surface area contributed by atoms with E-state index in [0.717, 1.165) is 25.8 Å². The highest BCUT2D eigenvalue weighted by atomic mass is 16.2. The first-order valence-corrected chi connectivity index (χ1v) is 7.57. The Morgan fingerprint density at radius 1 is 1.44 bits per heavy atom. The minimum absolute atomic E-state index is 0.0499. The number of nitrogens with one attached hydrogen (secondary N) is 1. The molecule has 2 rings (SSSR count). The first kappa shape index (κ1) is 13.9. The topological polar surface area (TPSA) is 32.3 Å². The third-order valence-corrected chi connectivity index (χ3v) is 4.73. The zero-order valence-corrected chi connectivity index (χ0v) is 12.3. The lowest BCUT2D eigenvalue weighted by Crippen LogP contribution is -2.40. The van der Waals surface area contributed by atoms with E-state index in [9.17, 15) is 4.79 Å². The summed E-state index contributed by atoms with van der Waals surface area (Å²) in [4.78, 5) is 14.7. The number of hydrogen-bond donors (Lipinski definition) is 1. The van der Waals surface area contributed by atoms with E-state index < -0.39 is 0 Å². The SMILES string of the molecule is CCCC1NC(C(C)CC)C(=O)N1CC1(C)CC1. The van der Waals surface area contributed by atoms with Crippen molar-refractivity contribution < 1.29 is 4.79 Å². The van der Waals surface area contributed by atoms with Crippen molar-refractivity contribution in [2.24, 2.45) is 11.3 Å². The second kappa shape index (κ2) is 5.20. The van der Waals surface area contributed by atoms with Crippen molar-refractivity contribution in [3.8, 4) is 0 Å². The number of rotatable bonds is 6. The van der Waals surface area contributed by atoms with Crippen LogP contribution in [0.15, 0.2) is 0 Å². The van der Waals surface area contributed by atoms with Crippen molar-refractivity contribution >= 4 is 5.91 Å². The molecular weight excluding hydrogens is 224 g/mol.